The van der Waals surface area contributed by atoms with Crippen molar-refractivity contribution in [3.63, 3.8) is 0 Å². The Hall–Kier alpha value is -3.06. The van der Waals surface area contributed by atoms with Crippen molar-refractivity contribution in [3.05, 3.63) is 76.0 Å². The van der Waals surface area contributed by atoms with Gasteiger partial charge in [0.1, 0.15) is 0 Å². The average Bonchev–Trinajstić information content (AvgIpc) is 3.02. The minimum absolute atomic E-state index is 0.0136. The number of nitrogens with zero attached hydrogens (tertiary/aromatic N) is 3. The molecule has 7 heteroatoms. The third-order valence-corrected chi connectivity index (χ3v) is 5.58. The van der Waals surface area contributed by atoms with E-state index in [0.717, 1.165) is 16.3 Å². The molecule has 0 radical (unpaired) electrons. The van der Waals surface area contributed by atoms with Crippen LogP contribution in [0, 0.1) is 0 Å². The summed E-state index contributed by atoms with van der Waals surface area (Å²) in [6.07, 6.45) is 4.60. The van der Waals surface area contributed by atoms with Gasteiger partial charge in [0.05, 0.1) is 11.3 Å². The Morgan fingerprint density at radius 3 is 2.63 bits per heavy atom. The van der Waals surface area contributed by atoms with Crippen LogP contribution in [0.3, 0.4) is 0 Å². The van der Waals surface area contributed by atoms with Crippen molar-refractivity contribution in [3.8, 4) is 0 Å². The first-order chi connectivity index (χ1) is 13.2. The summed E-state index contributed by atoms with van der Waals surface area (Å²) in [5.41, 5.74) is 2.26. The number of thiazole rings is 1. The Bertz CT molecular complexity index is 931. The molecule has 0 saturated carbocycles. The lowest BCUT2D eigenvalue weighted by Gasteiger charge is -2.20. The van der Waals surface area contributed by atoms with Crippen LogP contribution in [0.25, 0.3) is 0 Å². The number of anilines is 1. The largest absolute Gasteiger partial charge is 0.338 e. The summed E-state index contributed by atoms with van der Waals surface area (Å²) in [6.45, 7) is 1.20. The number of rotatable bonds is 3. The highest BCUT2D eigenvalue weighted by Gasteiger charge is 2.24. The zero-order valence-corrected chi connectivity index (χ0v) is 15.4. The minimum atomic E-state index is -0.192. The molecule has 1 aliphatic heterocycles. The van der Waals surface area contributed by atoms with Crippen molar-refractivity contribution in [1.29, 1.82) is 0 Å². The van der Waals surface area contributed by atoms with E-state index >= 15 is 0 Å². The number of para-hydroxylation sites is 1. The van der Waals surface area contributed by atoms with E-state index in [2.05, 4.69) is 15.3 Å². The van der Waals surface area contributed by atoms with E-state index in [1.54, 1.807) is 24.5 Å². The van der Waals surface area contributed by atoms with Crippen LogP contribution in [-0.2, 0) is 12.8 Å². The molecular weight excluding hydrogens is 360 g/mol. The van der Waals surface area contributed by atoms with Gasteiger partial charge in [-0.1, -0.05) is 18.2 Å². The van der Waals surface area contributed by atoms with E-state index in [0.29, 0.717) is 36.5 Å². The van der Waals surface area contributed by atoms with Crippen LogP contribution in [0.15, 0.2) is 54.9 Å². The molecule has 6 nitrogen and oxygen atoms in total. The molecule has 0 atom stereocenters. The molecule has 0 aliphatic carbocycles. The topological polar surface area (TPSA) is 75.2 Å². The quantitative estimate of drug-likeness (QED) is 0.760. The summed E-state index contributed by atoms with van der Waals surface area (Å²) in [5, 5.41) is 3.34. The maximum absolute atomic E-state index is 12.6. The summed E-state index contributed by atoms with van der Waals surface area (Å²) in [7, 11) is 0. The SMILES string of the molecule is O=C(Nc1ccccc1)c1nc2c(s1)CCN(C(=O)c1cccnc1)CC2. The van der Waals surface area contributed by atoms with Crippen molar-refractivity contribution in [1.82, 2.24) is 14.9 Å². The fraction of sp³-hybridized carbons (Fsp3) is 0.200. The smallest absolute Gasteiger partial charge is 0.284 e. The van der Waals surface area contributed by atoms with E-state index in [1.807, 2.05) is 35.2 Å². The van der Waals surface area contributed by atoms with Gasteiger partial charge in [0.15, 0.2) is 5.01 Å². The first-order valence-corrected chi connectivity index (χ1v) is 9.56. The molecule has 0 spiro atoms. The maximum atomic E-state index is 12.6. The zero-order chi connectivity index (χ0) is 18.6. The Kier molecular flexibility index (Phi) is 4.93. The lowest BCUT2D eigenvalue weighted by atomic mass is 10.2. The third-order valence-electron chi connectivity index (χ3n) is 4.43. The Morgan fingerprint density at radius 1 is 1.04 bits per heavy atom. The first kappa shape index (κ1) is 17.4. The second-order valence-electron chi connectivity index (χ2n) is 6.24. The summed E-state index contributed by atoms with van der Waals surface area (Å²) >= 11 is 1.41. The van der Waals surface area contributed by atoms with Crippen molar-refractivity contribution >= 4 is 28.8 Å². The third kappa shape index (κ3) is 3.88. The number of carbonyl (C=O) groups is 2. The number of aromatic nitrogens is 2. The number of fused-ring (bicyclic) bond motifs is 1. The fourth-order valence-electron chi connectivity index (χ4n) is 3.04. The Morgan fingerprint density at radius 2 is 1.85 bits per heavy atom. The van der Waals surface area contributed by atoms with Gasteiger partial charge in [0, 0.05) is 48.9 Å². The number of hydrogen-bond donors (Lipinski definition) is 1. The van der Waals surface area contributed by atoms with Crippen molar-refractivity contribution in [2.75, 3.05) is 18.4 Å². The second-order valence-corrected chi connectivity index (χ2v) is 7.33. The van der Waals surface area contributed by atoms with Gasteiger partial charge < -0.3 is 10.2 Å². The number of nitrogens with one attached hydrogen (secondary N) is 1. The van der Waals surface area contributed by atoms with Crippen LogP contribution >= 0.6 is 11.3 Å². The molecule has 1 aliphatic rings. The van der Waals surface area contributed by atoms with Gasteiger partial charge in [-0.25, -0.2) is 4.98 Å². The van der Waals surface area contributed by atoms with E-state index in [-0.39, 0.29) is 11.8 Å². The predicted molar refractivity (Wildman–Crippen MR) is 104 cm³/mol. The lowest BCUT2D eigenvalue weighted by Crippen LogP contribution is -2.33. The van der Waals surface area contributed by atoms with Crippen molar-refractivity contribution < 1.29 is 9.59 Å². The van der Waals surface area contributed by atoms with Gasteiger partial charge in [-0.15, -0.1) is 11.3 Å². The summed E-state index contributed by atoms with van der Waals surface area (Å²) in [5.74, 6) is -0.206. The summed E-state index contributed by atoms with van der Waals surface area (Å²) in [4.78, 5) is 36.5. The molecule has 0 fully saturated rings. The average molecular weight is 378 g/mol. The van der Waals surface area contributed by atoms with Gasteiger partial charge in [0.2, 0.25) is 0 Å². The van der Waals surface area contributed by atoms with E-state index in [1.165, 1.54) is 11.3 Å². The molecule has 2 aromatic heterocycles. The second kappa shape index (κ2) is 7.67. The summed E-state index contributed by atoms with van der Waals surface area (Å²) in [6, 6.07) is 12.9. The molecule has 3 heterocycles. The normalized spacial score (nSPS) is 13.6. The van der Waals surface area contributed by atoms with Crippen LogP contribution in [0.1, 0.15) is 30.7 Å². The van der Waals surface area contributed by atoms with Crippen LogP contribution in [0.2, 0.25) is 0 Å². The van der Waals surface area contributed by atoms with Crippen molar-refractivity contribution in [2.45, 2.75) is 12.8 Å². The van der Waals surface area contributed by atoms with Gasteiger partial charge in [-0.05, 0) is 24.3 Å². The Labute approximate surface area is 160 Å². The predicted octanol–water partition coefficient (Wildman–Crippen LogP) is 3.03. The molecule has 1 N–H and O–H groups in total. The van der Waals surface area contributed by atoms with Crippen LogP contribution < -0.4 is 5.32 Å². The van der Waals surface area contributed by atoms with Crippen molar-refractivity contribution in [2.24, 2.45) is 0 Å². The number of amides is 2. The highest BCUT2D eigenvalue weighted by molar-refractivity contribution is 7.13. The molecule has 27 heavy (non-hydrogen) atoms. The standard InChI is InChI=1S/C20H18N4O2S/c25-18(22-15-6-2-1-3-7-15)19-23-16-8-11-24(12-9-17(16)27-19)20(26)14-5-4-10-21-13-14/h1-7,10,13H,8-9,11-12H2,(H,22,25). The van der Waals surface area contributed by atoms with Crippen LogP contribution in [-0.4, -0.2) is 39.8 Å². The van der Waals surface area contributed by atoms with Gasteiger partial charge in [0.25, 0.3) is 11.8 Å². The molecule has 1 aromatic carbocycles. The van der Waals surface area contributed by atoms with Gasteiger partial charge in [-0.3, -0.25) is 14.6 Å². The highest BCUT2D eigenvalue weighted by Crippen LogP contribution is 2.24. The maximum Gasteiger partial charge on any atom is 0.284 e. The molecule has 0 saturated heterocycles. The molecule has 0 unspecified atom stereocenters. The molecule has 0 bridgehead atoms. The van der Waals surface area contributed by atoms with E-state index in [4.69, 9.17) is 0 Å². The van der Waals surface area contributed by atoms with Crippen LogP contribution in [0.4, 0.5) is 5.69 Å². The minimum Gasteiger partial charge on any atom is -0.338 e. The molecule has 4 rings (SSSR count). The van der Waals surface area contributed by atoms with Gasteiger partial charge in [-0.2, -0.15) is 0 Å². The van der Waals surface area contributed by atoms with E-state index < -0.39 is 0 Å². The van der Waals surface area contributed by atoms with Crippen LogP contribution in [0.5, 0.6) is 0 Å². The first-order valence-electron chi connectivity index (χ1n) is 8.75. The fourth-order valence-corrected chi connectivity index (χ4v) is 4.03. The van der Waals surface area contributed by atoms with E-state index in [9.17, 15) is 9.59 Å². The molecule has 3 aromatic rings. The molecule has 2 amide bonds. The summed E-state index contributed by atoms with van der Waals surface area (Å²) < 4.78 is 0. The van der Waals surface area contributed by atoms with Gasteiger partial charge >= 0.3 is 0 Å². The lowest BCUT2D eigenvalue weighted by molar-refractivity contribution is 0.0762. The number of benzene rings is 1. The number of pyridine rings is 1. The molecule has 136 valence electrons. The monoisotopic (exact) mass is 378 g/mol. The Balaban J connectivity index is 1.44. The zero-order valence-electron chi connectivity index (χ0n) is 14.6. The highest BCUT2D eigenvalue weighted by atomic mass is 32.1. The number of hydrogen-bond acceptors (Lipinski definition) is 5. The number of carbonyl (C=O) groups excluding carboxylic acids is 2. The molecular formula is C20H18N4O2S.